The van der Waals surface area contributed by atoms with Crippen LogP contribution in [0.15, 0.2) is 46.9 Å². The van der Waals surface area contributed by atoms with Gasteiger partial charge in [-0.05, 0) is 24.3 Å². The van der Waals surface area contributed by atoms with E-state index in [-0.39, 0.29) is 17.2 Å². The maximum atomic E-state index is 10.9. The van der Waals surface area contributed by atoms with Crippen LogP contribution in [-0.4, -0.2) is 11.2 Å². The normalized spacial score (nSPS) is 9.95. The molecule has 0 atom stereocenters. The molecule has 0 fully saturated rings. The summed E-state index contributed by atoms with van der Waals surface area (Å²) in [5, 5.41) is 10.9. The molecule has 0 aliphatic carbocycles. The Morgan fingerprint density at radius 2 is 1.89 bits per heavy atom. The standard InChI is InChI=1S/C13H8BrNO4/c14-10-6-5-9(8-16)13(7-10)19-12-4-2-1-3-11(12)15(17)18/h1-8H. The van der Waals surface area contributed by atoms with Crippen LogP contribution in [0, 0.1) is 10.1 Å². The molecule has 2 rings (SSSR count). The molecular formula is C13H8BrNO4. The van der Waals surface area contributed by atoms with Gasteiger partial charge in [-0.25, -0.2) is 0 Å². The molecule has 2 aromatic rings. The molecule has 96 valence electrons. The third kappa shape index (κ3) is 2.97. The van der Waals surface area contributed by atoms with E-state index in [1.54, 1.807) is 30.3 Å². The van der Waals surface area contributed by atoms with Gasteiger partial charge in [0.25, 0.3) is 0 Å². The van der Waals surface area contributed by atoms with E-state index in [2.05, 4.69) is 15.9 Å². The Balaban J connectivity index is 2.44. The van der Waals surface area contributed by atoms with Gasteiger partial charge in [0, 0.05) is 10.5 Å². The number of aldehydes is 1. The predicted molar refractivity (Wildman–Crippen MR) is 72.7 cm³/mol. The summed E-state index contributed by atoms with van der Waals surface area (Å²) in [5.74, 6) is 0.354. The number of ether oxygens (including phenoxy) is 1. The number of para-hydroxylation sites is 2. The van der Waals surface area contributed by atoms with Gasteiger partial charge in [-0.1, -0.05) is 28.1 Å². The van der Waals surface area contributed by atoms with E-state index in [0.717, 1.165) is 0 Å². The van der Waals surface area contributed by atoms with E-state index in [1.165, 1.54) is 12.1 Å². The van der Waals surface area contributed by atoms with E-state index < -0.39 is 4.92 Å². The van der Waals surface area contributed by atoms with Gasteiger partial charge in [-0.3, -0.25) is 14.9 Å². The lowest BCUT2D eigenvalue weighted by molar-refractivity contribution is -0.385. The summed E-state index contributed by atoms with van der Waals surface area (Å²) in [6.45, 7) is 0. The summed E-state index contributed by atoms with van der Waals surface area (Å²) in [7, 11) is 0. The van der Waals surface area contributed by atoms with Crippen molar-refractivity contribution in [2.75, 3.05) is 0 Å². The zero-order valence-electron chi connectivity index (χ0n) is 9.58. The number of halogens is 1. The first-order valence-electron chi connectivity index (χ1n) is 5.28. The Hall–Kier alpha value is -2.21. The summed E-state index contributed by atoms with van der Waals surface area (Å²) < 4.78 is 6.19. The summed E-state index contributed by atoms with van der Waals surface area (Å²) in [5.41, 5.74) is 0.167. The Morgan fingerprint density at radius 1 is 1.16 bits per heavy atom. The average Bonchev–Trinajstić information content (AvgIpc) is 2.39. The van der Waals surface area contributed by atoms with E-state index >= 15 is 0 Å². The van der Waals surface area contributed by atoms with E-state index in [9.17, 15) is 14.9 Å². The highest BCUT2D eigenvalue weighted by Gasteiger charge is 2.16. The fraction of sp³-hybridized carbons (Fsp3) is 0. The lowest BCUT2D eigenvalue weighted by atomic mass is 10.2. The van der Waals surface area contributed by atoms with Crippen molar-refractivity contribution in [2.45, 2.75) is 0 Å². The molecule has 0 amide bonds. The molecule has 0 heterocycles. The first kappa shape index (κ1) is 13.2. The Kier molecular flexibility index (Phi) is 3.91. The SMILES string of the molecule is O=Cc1ccc(Br)cc1Oc1ccccc1[N+](=O)[O-]. The van der Waals surface area contributed by atoms with Crippen LogP contribution in [0.3, 0.4) is 0 Å². The summed E-state index contributed by atoms with van der Waals surface area (Å²) in [6.07, 6.45) is 0.635. The largest absolute Gasteiger partial charge is 0.449 e. The zero-order chi connectivity index (χ0) is 13.8. The molecule has 6 heteroatoms. The molecule has 0 bridgehead atoms. The maximum Gasteiger partial charge on any atom is 0.311 e. The fourth-order valence-electron chi connectivity index (χ4n) is 1.51. The molecular weight excluding hydrogens is 314 g/mol. The monoisotopic (exact) mass is 321 g/mol. The summed E-state index contributed by atoms with van der Waals surface area (Å²) in [6, 6.07) is 10.8. The quantitative estimate of drug-likeness (QED) is 0.485. The Morgan fingerprint density at radius 3 is 2.58 bits per heavy atom. The van der Waals surface area contributed by atoms with Gasteiger partial charge in [-0.15, -0.1) is 0 Å². The maximum absolute atomic E-state index is 10.9. The Labute approximate surface area is 117 Å². The predicted octanol–water partition coefficient (Wildman–Crippen LogP) is 3.96. The van der Waals surface area contributed by atoms with Gasteiger partial charge in [-0.2, -0.15) is 0 Å². The highest BCUT2D eigenvalue weighted by atomic mass is 79.9. The number of hydrogen-bond donors (Lipinski definition) is 0. The number of nitro groups is 1. The minimum atomic E-state index is -0.534. The van der Waals surface area contributed by atoms with E-state index in [4.69, 9.17) is 4.74 Å². The highest BCUT2D eigenvalue weighted by Crippen LogP contribution is 2.33. The first-order chi connectivity index (χ1) is 9.11. The van der Waals surface area contributed by atoms with Crippen LogP contribution >= 0.6 is 15.9 Å². The van der Waals surface area contributed by atoms with Gasteiger partial charge in [0.2, 0.25) is 5.75 Å². The number of nitro benzene ring substituents is 1. The minimum Gasteiger partial charge on any atom is -0.449 e. The second kappa shape index (κ2) is 5.62. The second-order valence-electron chi connectivity index (χ2n) is 3.63. The molecule has 0 radical (unpaired) electrons. The number of carbonyl (C=O) groups excluding carboxylic acids is 1. The summed E-state index contributed by atoms with van der Waals surface area (Å²) >= 11 is 3.26. The molecule has 0 spiro atoms. The van der Waals surface area contributed by atoms with Gasteiger partial charge < -0.3 is 4.74 Å². The van der Waals surface area contributed by atoms with Gasteiger partial charge in [0.05, 0.1) is 10.5 Å². The van der Waals surface area contributed by atoms with Crippen LogP contribution in [0.25, 0.3) is 0 Å². The van der Waals surface area contributed by atoms with Crippen molar-refractivity contribution >= 4 is 27.9 Å². The molecule has 19 heavy (non-hydrogen) atoms. The van der Waals surface area contributed by atoms with Crippen LogP contribution in [-0.2, 0) is 0 Å². The van der Waals surface area contributed by atoms with Crippen molar-refractivity contribution in [3.05, 3.63) is 62.6 Å². The highest BCUT2D eigenvalue weighted by molar-refractivity contribution is 9.10. The number of benzene rings is 2. The molecule has 0 aromatic heterocycles. The van der Waals surface area contributed by atoms with Gasteiger partial charge >= 0.3 is 5.69 Å². The van der Waals surface area contributed by atoms with Crippen molar-refractivity contribution in [1.29, 1.82) is 0 Å². The van der Waals surface area contributed by atoms with Crippen LogP contribution < -0.4 is 4.74 Å². The van der Waals surface area contributed by atoms with Crippen LogP contribution in [0.4, 0.5) is 5.69 Å². The first-order valence-corrected chi connectivity index (χ1v) is 6.07. The van der Waals surface area contributed by atoms with Crippen molar-refractivity contribution in [3.63, 3.8) is 0 Å². The molecule has 0 aliphatic rings. The molecule has 0 aliphatic heterocycles. The zero-order valence-corrected chi connectivity index (χ0v) is 11.2. The average molecular weight is 322 g/mol. The van der Waals surface area contributed by atoms with Crippen molar-refractivity contribution in [1.82, 2.24) is 0 Å². The third-order valence-corrected chi connectivity index (χ3v) is 2.88. The van der Waals surface area contributed by atoms with Gasteiger partial charge in [0.1, 0.15) is 5.75 Å². The van der Waals surface area contributed by atoms with E-state index in [0.29, 0.717) is 16.3 Å². The van der Waals surface area contributed by atoms with Crippen LogP contribution in [0.5, 0.6) is 11.5 Å². The van der Waals surface area contributed by atoms with Gasteiger partial charge in [0.15, 0.2) is 6.29 Å². The van der Waals surface area contributed by atoms with Crippen LogP contribution in [0.2, 0.25) is 0 Å². The molecule has 0 saturated heterocycles. The van der Waals surface area contributed by atoms with Crippen molar-refractivity contribution < 1.29 is 14.5 Å². The fourth-order valence-corrected chi connectivity index (χ4v) is 1.85. The topological polar surface area (TPSA) is 69.4 Å². The molecule has 0 N–H and O–H groups in total. The number of hydrogen-bond acceptors (Lipinski definition) is 4. The summed E-state index contributed by atoms with van der Waals surface area (Å²) in [4.78, 5) is 21.3. The number of carbonyl (C=O) groups is 1. The molecule has 0 saturated carbocycles. The lowest BCUT2D eigenvalue weighted by Gasteiger charge is -2.08. The number of nitrogens with zero attached hydrogens (tertiary/aromatic N) is 1. The lowest BCUT2D eigenvalue weighted by Crippen LogP contribution is -1.95. The molecule has 0 unspecified atom stereocenters. The van der Waals surface area contributed by atoms with Crippen molar-refractivity contribution in [2.24, 2.45) is 0 Å². The van der Waals surface area contributed by atoms with Crippen molar-refractivity contribution in [3.8, 4) is 11.5 Å². The number of rotatable bonds is 4. The minimum absolute atomic E-state index is 0.0914. The smallest absolute Gasteiger partial charge is 0.311 e. The Bertz CT molecular complexity index is 642. The second-order valence-corrected chi connectivity index (χ2v) is 4.54. The van der Waals surface area contributed by atoms with Crippen LogP contribution in [0.1, 0.15) is 10.4 Å². The molecule has 5 nitrogen and oxygen atoms in total. The third-order valence-electron chi connectivity index (χ3n) is 2.38. The van der Waals surface area contributed by atoms with E-state index in [1.807, 2.05) is 0 Å². The molecule has 2 aromatic carbocycles.